The van der Waals surface area contributed by atoms with Crippen LogP contribution >= 0.6 is 0 Å². The molecule has 1 aliphatic heterocycles. The van der Waals surface area contributed by atoms with E-state index in [0.717, 1.165) is 69.2 Å². The van der Waals surface area contributed by atoms with Crippen LogP contribution in [-0.4, -0.2) is 65.0 Å². The summed E-state index contributed by atoms with van der Waals surface area (Å²) in [5.41, 5.74) is 15.5. The van der Waals surface area contributed by atoms with Gasteiger partial charge in [-0.05, 0) is 79.8 Å². The average molecular weight is 583 g/mol. The van der Waals surface area contributed by atoms with Crippen LogP contribution in [0, 0.1) is 17.8 Å². The van der Waals surface area contributed by atoms with Gasteiger partial charge in [0.2, 0.25) is 5.91 Å². The first-order valence-electron chi connectivity index (χ1n) is 15.5. The maximum absolute atomic E-state index is 12.3. The molecule has 2 aliphatic carbocycles. The molecule has 226 valence electrons. The van der Waals surface area contributed by atoms with Gasteiger partial charge < -0.3 is 26.4 Å². The van der Waals surface area contributed by atoms with Crippen LogP contribution < -0.4 is 26.4 Å². The summed E-state index contributed by atoms with van der Waals surface area (Å²) in [6.07, 6.45) is 13.2. The van der Waals surface area contributed by atoms with E-state index in [9.17, 15) is 4.79 Å². The van der Waals surface area contributed by atoms with E-state index in [1.807, 2.05) is 6.07 Å². The summed E-state index contributed by atoms with van der Waals surface area (Å²) in [6, 6.07) is 12.0. The minimum atomic E-state index is 0.212. The highest BCUT2D eigenvalue weighted by molar-refractivity contribution is 5.75. The second-order valence-electron chi connectivity index (χ2n) is 12.0. The summed E-state index contributed by atoms with van der Waals surface area (Å²) in [7, 11) is 0. The molecule has 1 amide bonds. The van der Waals surface area contributed by atoms with E-state index in [1.54, 1.807) is 18.5 Å². The number of carbonyl (C=O) groups excluding carboxylic acids is 1. The van der Waals surface area contributed by atoms with Gasteiger partial charge in [0.15, 0.2) is 5.82 Å². The van der Waals surface area contributed by atoms with Crippen molar-refractivity contribution < 1.29 is 9.53 Å². The molecule has 3 unspecified atom stereocenters. The Morgan fingerprint density at radius 2 is 1.84 bits per heavy atom. The lowest BCUT2D eigenvalue weighted by Gasteiger charge is -2.36. The second-order valence-corrected chi connectivity index (χ2v) is 12.0. The van der Waals surface area contributed by atoms with Crippen molar-refractivity contribution >= 4 is 23.2 Å². The van der Waals surface area contributed by atoms with E-state index in [1.165, 1.54) is 18.5 Å². The maximum Gasteiger partial charge on any atom is 0.258 e. The minimum Gasteiger partial charge on any atom is -0.470 e. The second kappa shape index (κ2) is 13.4. The third-order valence-electron chi connectivity index (χ3n) is 8.99. The fourth-order valence-electron chi connectivity index (χ4n) is 6.52. The Labute approximate surface area is 253 Å². The molecule has 43 heavy (non-hydrogen) atoms. The van der Waals surface area contributed by atoms with Crippen LogP contribution in [-0.2, 0) is 11.4 Å². The molecular formula is C33H42N8O2. The standard InChI is InChI=1S/C33H42N8O2/c34-30-19-24(10-11-36-30)22-43-33-32(35)38-21-29(39-33)25-6-8-28(9-7-25)41-15-13-40(14-16-41)12-2-1-3-31(42)37-20-27-18-23-4-5-26(27)17-23/h4-11,19,21,23,26-27H,1-3,12-18,20,22H2,(H2,34,36)(H2,35,38)(H,37,42). The minimum absolute atomic E-state index is 0.212. The zero-order valence-electron chi connectivity index (χ0n) is 24.7. The molecule has 3 atom stereocenters. The van der Waals surface area contributed by atoms with E-state index in [4.69, 9.17) is 16.2 Å². The van der Waals surface area contributed by atoms with Gasteiger partial charge in [0, 0.05) is 56.6 Å². The number of fused-ring (bicyclic) bond motifs is 2. The van der Waals surface area contributed by atoms with E-state index in [0.29, 0.717) is 35.6 Å². The number of hydrogen-bond donors (Lipinski definition) is 3. The lowest BCUT2D eigenvalue weighted by Crippen LogP contribution is -2.46. The molecule has 2 fully saturated rings. The van der Waals surface area contributed by atoms with Crippen molar-refractivity contribution in [3.8, 4) is 17.1 Å². The first-order chi connectivity index (χ1) is 21.0. The van der Waals surface area contributed by atoms with E-state index < -0.39 is 0 Å². The Kier molecular flexibility index (Phi) is 9.02. The van der Waals surface area contributed by atoms with Crippen molar-refractivity contribution in [3.63, 3.8) is 0 Å². The van der Waals surface area contributed by atoms with Crippen molar-refractivity contribution in [1.82, 2.24) is 25.2 Å². The molecule has 5 N–H and O–H groups in total. The molecule has 10 heteroatoms. The smallest absolute Gasteiger partial charge is 0.258 e. The highest BCUT2D eigenvalue weighted by atomic mass is 16.5. The third-order valence-corrected chi connectivity index (χ3v) is 8.99. The number of piperazine rings is 1. The molecule has 0 spiro atoms. The number of amides is 1. The lowest BCUT2D eigenvalue weighted by atomic mass is 9.93. The number of anilines is 3. The van der Waals surface area contributed by atoms with Crippen molar-refractivity contribution in [1.29, 1.82) is 0 Å². The maximum atomic E-state index is 12.3. The van der Waals surface area contributed by atoms with Crippen molar-refractivity contribution in [2.24, 2.45) is 17.8 Å². The molecule has 2 aromatic heterocycles. The van der Waals surface area contributed by atoms with Crippen molar-refractivity contribution in [3.05, 3.63) is 66.5 Å². The van der Waals surface area contributed by atoms with Crippen LogP contribution in [0.15, 0.2) is 60.9 Å². The molecule has 3 aliphatic rings. The number of aromatic nitrogens is 3. The SMILES string of the molecule is Nc1cc(COc2nc(-c3ccc(N4CCN(CCCCC(=O)NCC5CC6C=CC5C6)CC4)cc3)cnc2N)ccn1. The van der Waals surface area contributed by atoms with Gasteiger partial charge in [-0.2, -0.15) is 0 Å². The van der Waals surface area contributed by atoms with E-state index >= 15 is 0 Å². The summed E-state index contributed by atoms with van der Waals surface area (Å²) in [4.78, 5) is 30.2. The molecule has 1 saturated carbocycles. The molecule has 10 nitrogen and oxygen atoms in total. The average Bonchev–Trinajstić information content (AvgIpc) is 3.66. The van der Waals surface area contributed by atoms with Crippen LogP contribution in [0.25, 0.3) is 11.3 Å². The molecule has 1 saturated heterocycles. The summed E-state index contributed by atoms with van der Waals surface area (Å²) in [5, 5.41) is 3.19. The molecule has 2 bridgehead atoms. The van der Waals surface area contributed by atoms with Crippen LogP contribution in [0.1, 0.15) is 37.7 Å². The van der Waals surface area contributed by atoms with Gasteiger partial charge in [-0.1, -0.05) is 24.3 Å². The quantitative estimate of drug-likeness (QED) is 0.215. The van der Waals surface area contributed by atoms with Crippen LogP contribution in [0.2, 0.25) is 0 Å². The zero-order chi connectivity index (χ0) is 29.6. The number of benzene rings is 1. The highest BCUT2D eigenvalue weighted by Crippen LogP contribution is 2.43. The number of nitrogens with zero attached hydrogens (tertiary/aromatic N) is 5. The Morgan fingerprint density at radius 1 is 1.00 bits per heavy atom. The van der Waals surface area contributed by atoms with Crippen LogP contribution in [0.4, 0.5) is 17.3 Å². The summed E-state index contributed by atoms with van der Waals surface area (Å²) in [6.45, 7) is 6.19. The van der Waals surface area contributed by atoms with E-state index in [-0.39, 0.29) is 18.3 Å². The topological polar surface area (TPSA) is 136 Å². The summed E-state index contributed by atoms with van der Waals surface area (Å²) < 4.78 is 5.84. The van der Waals surface area contributed by atoms with Crippen molar-refractivity contribution in [2.75, 3.05) is 55.6 Å². The number of hydrogen-bond acceptors (Lipinski definition) is 9. The zero-order valence-corrected chi connectivity index (χ0v) is 24.7. The molecule has 0 radical (unpaired) electrons. The first-order valence-corrected chi connectivity index (χ1v) is 15.5. The number of ether oxygens (including phenoxy) is 1. The van der Waals surface area contributed by atoms with Gasteiger partial charge in [0.05, 0.1) is 11.9 Å². The molecule has 6 rings (SSSR count). The monoisotopic (exact) mass is 582 g/mol. The number of pyridine rings is 1. The normalized spacial score (nSPS) is 21.3. The first kappa shape index (κ1) is 28.9. The van der Waals surface area contributed by atoms with Crippen molar-refractivity contribution in [2.45, 2.75) is 38.7 Å². The number of nitrogens with one attached hydrogen (secondary N) is 1. The predicted octanol–water partition coefficient (Wildman–Crippen LogP) is 3.90. The highest BCUT2D eigenvalue weighted by Gasteiger charge is 2.35. The number of carbonyl (C=O) groups is 1. The summed E-state index contributed by atoms with van der Waals surface area (Å²) in [5.74, 6) is 3.29. The summed E-state index contributed by atoms with van der Waals surface area (Å²) >= 11 is 0. The Morgan fingerprint density at radius 3 is 2.58 bits per heavy atom. The predicted molar refractivity (Wildman–Crippen MR) is 169 cm³/mol. The number of nitrogens with two attached hydrogens (primary N) is 2. The lowest BCUT2D eigenvalue weighted by molar-refractivity contribution is -0.121. The van der Waals surface area contributed by atoms with Gasteiger partial charge in [-0.25, -0.2) is 15.0 Å². The van der Waals surface area contributed by atoms with Crippen LogP contribution in [0.5, 0.6) is 5.88 Å². The number of unbranched alkanes of at least 4 members (excludes halogenated alkanes) is 1. The fraction of sp³-hybridized carbons (Fsp3) is 0.455. The van der Waals surface area contributed by atoms with Gasteiger partial charge in [0.1, 0.15) is 12.4 Å². The van der Waals surface area contributed by atoms with Gasteiger partial charge in [-0.3, -0.25) is 9.69 Å². The molecule has 3 heterocycles. The molecule has 3 aromatic rings. The van der Waals surface area contributed by atoms with Gasteiger partial charge >= 0.3 is 0 Å². The molecule has 1 aromatic carbocycles. The van der Waals surface area contributed by atoms with Gasteiger partial charge in [0.25, 0.3) is 5.88 Å². The Hall–Kier alpha value is -4.18. The number of rotatable bonds is 12. The van der Waals surface area contributed by atoms with Gasteiger partial charge in [-0.15, -0.1) is 0 Å². The van der Waals surface area contributed by atoms with E-state index in [2.05, 4.69) is 66.5 Å². The Bertz CT molecular complexity index is 1420. The number of nitrogen functional groups attached to an aromatic ring is 2. The molecular weight excluding hydrogens is 540 g/mol. The van der Waals surface area contributed by atoms with Crippen LogP contribution in [0.3, 0.4) is 0 Å². The largest absolute Gasteiger partial charge is 0.470 e. The Balaban J connectivity index is 0.911. The number of allylic oxidation sites excluding steroid dienone is 2. The third kappa shape index (κ3) is 7.43. The fourth-order valence-corrected chi connectivity index (χ4v) is 6.52.